The summed E-state index contributed by atoms with van der Waals surface area (Å²) in [7, 11) is 1.51. The molecule has 0 atom stereocenters. The molecule has 0 aliphatic heterocycles. The van der Waals surface area contributed by atoms with Crippen LogP contribution in [0.15, 0.2) is 66.7 Å². The van der Waals surface area contributed by atoms with Crippen LogP contribution >= 0.6 is 0 Å². The Kier molecular flexibility index (Phi) is 7.43. The number of nitrogens with zero attached hydrogens (tertiary/aromatic N) is 1. The SMILES string of the molecule is COc1ccc(OCCF)cc1CN(C(C)=O)c1cc(F)ccc1Oc1ccccc1. The quantitative estimate of drug-likeness (QED) is 0.451. The number of carbonyl (C=O) groups is 1. The number of halogens is 2. The summed E-state index contributed by atoms with van der Waals surface area (Å²) in [4.78, 5) is 13.9. The summed E-state index contributed by atoms with van der Waals surface area (Å²) >= 11 is 0. The third-order valence-electron chi connectivity index (χ3n) is 4.49. The molecule has 0 fully saturated rings. The van der Waals surface area contributed by atoms with Gasteiger partial charge in [0.05, 0.1) is 19.3 Å². The van der Waals surface area contributed by atoms with Crippen molar-refractivity contribution in [2.24, 2.45) is 0 Å². The van der Waals surface area contributed by atoms with Crippen LogP contribution in [0, 0.1) is 5.82 Å². The molecule has 0 saturated carbocycles. The Balaban J connectivity index is 1.98. The lowest BCUT2D eigenvalue weighted by molar-refractivity contribution is -0.116. The molecule has 3 aromatic carbocycles. The zero-order valence-corrected chi connectivity index (χ0v) is 17.3. The monoisotopic (exact) mass is 427 g/mol. The molecule has 0 spiro atoms. The Morgan fingerprint density at radius 2 is 1.71 bits per heavy atom. The van der Waals surface area contributed by atoms with E-state index in [0.717, 1.165) is 0 Å². The van der Waals surface area contributed by atoms with Gasteiger partial charge in [-0.05, 0) is 42.5 Å². The van der Waals surface area contributed by atoms with Crippen molar-refractivity contribution in [1.82, 2.24) is 0 Å². The molecule has 0 aliphatic carbocycles. The number of para-hydroxylation sites is 1. The smallest absolute Gasteiger partial charge is 0.224 e. The first-order valence-corrected chi connectivity index (χ1v) is 9.68. The van der Waals surface area contributed by atoms with E-state index in [2.05, 4.69) is 0 Å². The largest absolute Gasteiger partial charge is 0.496 e. The molecule has 0 radical (unpaired) electrons. The van der Waals surface area contributed by atoms with Crippen molar-refractivity contribution >= 4 is 11.6 Å². The van der Waals surface area contributed by atoms with Crippen LogP contribution in [0.4, 0.5) is 14.5 Å². The molecule has 3 rings (SSSR count). The van der Waals surface area contributed by atoms with E-state index in [1.54, 1.807) is 30.3 Å². The van der Waals surface area contributed by atoms with Gasteiger partial charge >= 0.3 is 0 Å². The maximum atomic E-state index is 14.1. The second-order valence-corrected chi connectivity index (χ2v) is 6.64. The zero-order chi connectivity index (χ0) is 22.2. The molecule has 5 nitrogen and oxygen atoms in total. The molecule has 31 heavy (non-hydrogen) atoms. The third-order valence-corrected chi connectivity index (χ3v) is 4.49. The minimum Gasteiger partial charge on any atom is -0.496 e. The number of hydrogen-bond acceptors (Lipinski definition) is 4. The lowest BCUT2D eigenvalue weighted by Crippen LogP contribution is -2.28. The van der Waals surface area contributed by atoms with Crippen LogP contribution in [-0.4, -0.2) is 26.3 Å². The predicted octanol–water partition coefficient (Wildman–Crippen LogP) is 5.53. The van der Waals surface area contributed by atoms with E-state index >= 15 is 0 Å². The highest BCUT2D eigenvalue weighted by molar-refractivity contribution is 5.93. The predicted molar refractivity (Wildman–Crippen MR) is 114 cm³/mol. The normalized spacial score (nSPS) is 10.5. The summed E-state index contributed by atoms with van der Waals surface area (Å²) in [5.74, 6) is 1.01. The Morgan fingerprint density at radius 1 is 0.968 bits per heavy atom. The lowest BCUT2D eigenvalue weighted by atomic mass is 10.1. The van der Waals surface area contributed by atoms with E-state index < -0.39 is 12.5 Å². The summed E-state index contributed by atoms with van der Waals surface area (Å²) in [6, 6.07) is 18.0. The maximum Gasteiger partial charge on any atom is 0.224 e. The van der Waals surface area contributed by atoms with Crippen molar-refractivity contribution < 1.29 is 27.8 Å². The van der Waals surface area contributed by atoms with Crippen molar-refractivity contribution in [3.63, 3.8) is 0 Å². The van der Waals surface area contributed by atoms with Crippen molar-refractivity contribution in [3.05, 3.63) is 78.1 Å². The molecule has 162 valence electrons. The van der Waals surface area contributed by atoms with Crippen LogP contribution in [0.5, 0.6) is 23.0 Å². The molecule has 0 unspecified atom stereocenters. The molecule has 0 N–H and O–H groups in total. The first kappa shape index (κ1) is 22.1. The van der Waals surface area contributed by atoms with Gasteiger partial charge in [0.2, 0.25) is 5.91 Å². The van der Waals surface area contributed by atoms with Crippen molar-refractivity contribution in [3.8, 4) is 23.0 Å². The van der Waals surface area contributed by atoms with Gasteiger partial charge in [-0.2, -0.15) is 0 Å². The average molecular weight is 427 g/mol. The number of hydrogen-bond donors (Lipinski definition) is 0. The Morgan fingerprint density at radius 3 is 2.39 bits per heavy atom. The topological polar surface area (TPSA) is 48.0 Å². The van der Waals surface area contributed by atoms with Crippen LogP contribution < -0.4 is 19.1 Å². The van der Waals surface area contributed by atoms with Gasteiger partial charge in [0.25, 0.3) is 0 Å². The van der Waals surface area contributed by atoms with Gasteiger partial charge < -0.3 is 19.1 Å². The number of ether oxygens (including phenoxy) is 3. The molecule has 0 aliphatic rings. The van der Waals surface area contributed by atoms with Gasteiger partial charge in [-0.15, -0.1) is 0 Å². The molecular weight excluding hydrogens is 404 g/mol. The van der Waals surface area contributed by atoms with Crippen molar-refractivity contribution in [1.29, 1.82) is 0 Å². The lowest BCUT2D eigenvalue weighted by Gasteiger charge is -2.25. The second-order valence-electron chi connectivity index (χ2n) is 6.64. The summed E-state index contributed by atoms with van der Waals surface area (Å²) < 4.78 is 43.2. The first-order chi connectivity index (χ1) is 15.0. The highest BCUT2D eigenvalue weighted by atomic mass is 19.1. The van der Waals surface area contributed by atoms with Gasteiger partial charge in [-0.1, -0.05) is 18.2 Å². The number of anilines is 1. The van der Waals surface area contributed by atoms with Gasteiger partial charge in [-0.3, -0.25) is 4.79 Å². The number of rotatable bonds is 9. The fourth-order valence-electron chi connectivity index (χ4n) is 3.06. The van der Waals surface area contributed by atoms with Gasteiger partial charge in [0.15, 0.2) is 5.75 Å². The summed E-state index contributed by atoms with van der Waals surface area (Å²) in [5.41, 5.74) is 0.887. The number of carbonyl (C=O) groups excluding carboxylic acids is 1. The molecule has 0 bridgehead atoms. The van der Waals surface area contributed by atoms with E-state index in [1.807, 2.05) is 18.2 Å². The molecular formula is C24H23F2NO4. The highest BCUT2D eigenvalue weighted by Gasteiger charge is 2.20. The fraction of sp³-hybridized carbons (Fsp3) is 0.208. The standard InChI is InChI=1S/C24H23F2NO4/c1-17(28)27(16-18-14-21(30-13-12-25)9-11-23(18)29-2)22-15-19(26)8-10-24(22)31-20-6-4-3-5-7-20/h3-11,14-15H,12-13,16H2,1-2H3. The minimum atomic E-state index is -0.621. The zero-order valence-electron chi connectivity index (χ0n) is 17.3. The molecule has 0 heterocycles. The molecule has 1 amide bonds. The van der Waals surface area contributed by atoms with Crippen LogP contribution in [0.1, 0.15) is 12.5 Å². The van der Waals surface area contributed by atoms with Gasteiger partial charge in [0, 0.05) is 18.6 Å². The average Bonchev–Trinajstić information content (AvgIpc) is 2.78. The summed E-state index contributed by atoms with van der Waals surface area (Å²) in [5, 5.41) is 0. The molecule has 0 saturated heterocycles. The van der Waals surface area contributed by atoms with Crippen molar-refractivity contribution in [2.75, 3.05) is 25.3 Å². The van der Waals surface area contributed by atoms with E-state index in [4.69, 9.17) is 14.2 Å². The van der Waals surface area contributed by atoms with Crippen molar-refractivity contribution in [2.45, 2.75) is 13.5 Å². The highest BCUT2D eigenvalue weighted by Crippen LogP contribution is 2.35. The molecule has 0 aromatic heterocycles. The molecule has 7 heteroatoms. The Labute approximate surface area is 179 Å². The van der Waals surface area contributed by atoms with Crippen LogP contribution in [-0.2, 0) is 11.3 Å². The number of benzene rings is 3. The number of methoxy groups -OCH3 is 1. The Bertz CT molecular complexity index is 1030. The van der Waals surface area contributed by atoms with E-state index in [0.29, 0.717) is 28.6 Å². The fourth-order valence-corrected chi connectivity index (χ4v) is 3.06. The second kappa shape index (κ2) is 10.4. The third kappa shape index (κ3) is 5.72. The minimum absolute atomic E-state index is 0.0694. The first-order valence-electron chi connectivity index (χ1n) is 9.68. The maximum absolute atomic E-state index is 14.1. The van der Waals surface area contributed by atoms with Gasteiger partial charge in [-0.25, -0.2) is 8.78 Å². The summed E-state index contributed by atoms with van der Waals surface area (Å²) in [6.07, 6.45) is 0. The van der Waals surface area contributed by atoms with E-state index in [-0.39, 0.29) is 24.7 Å². The van der Waals surface area contributed by atoms with Gasteiger partial charge in [0.1, 0.15) is 36.3 Å². The van der Waals surface area contributed by atoms with Crippen LogP contribution in [0.25, 0.3) is 0 Å². The Hall–Kier alpha value is -3.61. The summed E-state index contributed by atoms with van der Waals surface area (Å²) in [6.45, 7) is 0.749. The number of alkyl halides is 1. The van der Waals surface area contributed by atoms with E-state index in [9.17, 15) is 13.6 Å². The van der Waals surface area contributed by atoms with Crippen LogP contribution in [0.2, 0.25) is 0 Å². The molecule has 3 aromatic rings. The number of amides is 1. The van der Waals surface area contributed by atoms with E-state index in [1.165, 1.54) is 37.1 Å². The van der Waals surface area contributed by atoms with Crippen LogP contribution in [0.3, 0.4) is 0 Å².